The Kier molecular flexibility index (Phi) is 6.80. The lowest BCUT2D eigenvalue weighted by Gasteiger charge is -2.35. The van der Waals surface area contributed by atoms with Gasteiger partial charge in [0.15, 0.2) is 0 Å². The number of hydrogen-bond donors (Lipinski definition) is 1. The van der Waals surface area contributed by atoms with Gasteiger partial charge in [-0.15, -0.1) is 0 Å². The average molecular weight is 271 g/mol. The molecule has 4 nitrogen and oxygen atoms in total. The van der Waals surface area contributed by atoms with Crippen LogP contribution in [0.25, 0.3) is 0 Å². The van der Waals surface area contributed by atoms with Gasteiger partial charge in [-0.1, -0.05) is 13.8 Å². The van der Waals surface area contributed by atoms with Gasteiger partial charge in [0, 0.05) is 26.1 Å². The third-order valence-corrected chi connectivity index (χ3v) is 3.99. The molecule has 0 aromatic rings. The lowest BCUT2D eigenvalue weighted by molar-refractivity contribution is -0.135. The first kappa shape index (κ1) is 16.4. The summed E-state index contributed by atoms with van der Waals surface area (Å²) in [5.41, 5.74) is -0.588. The van der Waals surface area contributed by atoms with Gasteiger partial charge in [-0.2, -0.15) is 0 Å². The van der Waals surface area contributed by atoms with E-state index in [1.54, 1.807) is 0 Å². The zero-order valence-electron chi connectivity index (χ0n) is 12.7. The minimum atomic E-state index is -0.588. The van der Waals surface area contributed by atoms with Crippen molar-refractivity contribution in [1.29, 1.82) is 0 Å². The van der Waals surface area contributed by atoms with E-state index >= 15 is 0 Å². The van der Waals surface area contributed by atoms with Crippen LogP contribution in [0.15, 0.2) is 0 Å². The van der Waals surface area contributed by atoms with Crippen LogP contribution in [0.4, 0.5) is 0 Å². The highest BCUT2D eigenvalue weighted by Gasteiger charge is 2.29. The quantitative estimate of drug-likeness (QED) is 0.723. The SMILES string of the molecule is CCC(CC)OCCCC(=O)N1CCC(C)(O)CC1. The second-order valence-electron chi connectivity index (χ2n) is 5.79. The van der Waals surface area contributed by atoms with Gasteiger partial charge in [-0.3, -0.25) is 4.79 Å². The lowest BCUT2D eigenvalue weighted by Crippen LogP contribution is -2.45. The number of piperidine rings is 1. The van der Waals surface area contributed by atoms with Crippen molar-refractivity contribution in [2.75, 3.05) is 19.7 Å². The fourth-order valence-electron chi connectivity index (χ4n) is 2.39. The predicted octanol–water partition coefficient (Wildman–Crippen LogP) is 2.35. The number of likely N-dealkylation sites (tertiary alicyclic amines) is 1. The summed E-state index contributed by atoms with van der Waals surface area (Å²) in [6.45, 7) is 8.12. The van der Waals surface area contributed by atoms with Gasteiger partial charge in [-0.05, 0) is 39.0 Å². The van der Waals surface area contributed by atoms with Crippen molar-refractivity contribution < 1.29 is 14.6 Å². The lowest BCUT2D eigenvalue weighted by atomic mass is 9.93. The van der Waals surface area contributed by atoms with Crippen molar-refractivity contribution in [2.24, 2.45) is 0 Å². The fourth-order valence-corrected chi connectivity index (χ4v) is 2.39. The van der Waals surface area contributed by atoms with Crippen LogP contribution >= 0.6 is 0 Å². The van der Waals surface area contributed by atoms with Crippen molar-refractivity contribution >= 4 is 5.91 Å². The molecule has 0 aromatic heterocycles. The maximum atomic E-state index is 12.0. The fraction of sp³-hybridized carbons (Fsp3) is 0.933. The number of carbonyl (C=O) groups excluding carboxylic acids is 1. The number of rotatable bonds is 7. The molecule has 0 saturated carbocycles. The van der Waals surface area contributed by atoms with Gasteiger partial charge >= 0.3 is 0 Å². The Morgan fingerprint density at radius 3 is 2.42 bits per heavy atom. The minimum absolute atomic E-state index is 0.198. The number of carbonyl (C=O) groups is 1. The molecule has 1 aliphatic heterocycles. The van der Waals surface area contributed by atoms with Crippen LogP contribution in [0.2, 0.25) is 0 Å². The zero-order valence-corrected chi connectivity index (χ0v) is 12.7. The summed E-state index contributed by atoms with van der Waals surface area (Å²) in [4.78, 5) is 13.9. The first-order valence-electron chi connectivity index (χ1n) is 7.60. The Labute approximate surface area is 117 Å². The van der Waals surface area contributed by atoms with Gasteiger partial charge in [0.25, 0.3) is 0 Å². The Bertz CT molecular complexity index is 265. The summed E-state index contributed by atoms with van der Waals surface area (Å²) in [5, 5.41) is 9.85. The Morgan fingerprint density at radius 2 is 1.89 bits per heavy atom. The van der Waals surface area contributed by atoms with Crippen LogP contribution in [0, 0.1) is 0 Å². The first-order chi connectivity index (χ1) is 8.98. The molecule has 1 rings (SSSR count). The van der Waals surface area contributed by atoms with E-state index in [4.69, 9.17) is 4.74 Å². The molecule has 4 heteroatoms. The van der Waals surface area contributed by atoms with E-state index in [2.05, 4.69) is 13.8 Å². The molecular formula is C15H29NO3. The largest absolute Gasteiger partial charge is 0.390 e. The molecule has 1 heterocycles. The normalized spacial score (nSPS) is 18.9. The number of aliphatic hydroxyl groups is 1. The molecule has 0 radical (unpaired) electrons. The molecule has 0 atom stereocenters. The third-order valence-electron chi connectivity index (χ3n) is 3.99. The van der Waals surface area contributed by atoms with E-state index in [-0.39, 0.29) is 5.91 Å². The van der Waals surface area contributed by atoms with Crippen molar-refractivity contribution in [3.8, 4) is 0 Å². The van der Waals surface area contributed by atoms with Gasteiger partial charge in [0.2, 0.25) is 5.91 Å². The second-order valence-corrected chi connectivity index (χ2v) is 5.79. The summed E-state index contributed by atoms with van der Waals surface area (Å²) in [7, 11) is 0. The highest BCUT2D eigenvalue weighted by atomic mass is 16.5. The maximum Gasteiger partial charge on any atom is 0.222 e. The third kappa shape index (κ3) is 5.91. The molecule has 19 heavy (non-hydrogen) atoms. The number of hydrogen-bond acceptors (Lipinski definition) is 3. The van der Waals surface area contributed by atoms with Crippen molar-refractivity contribution in [3.63, 3.8) is 0 Å². The summed E-state index contributed by atoms with van der Waals surface area (Å²) in [5.74, 6) is 0.198. The number of nitrogens with zero attached hydrogens (tertiary/aromatic N) is 1. The van der Waals surface area contributed by atoms with Crippen LogP contribution in [0.5, 0.6) is 0 Å². The number of ether oxygens (including phenoxy) is 1. The van der Waals surface area contributed by atoms with Gasteiger partial charge in [0.05, 0.1) is 11.7 Å². The van der Waals surface area contributed by atoms with E-state index in [0.29, 0.717) is 45.1 Å². The molecule has 1 aliphatic rings. The highest BCUT2D eigenvalue weighted by Crippen LogP contribution is 2.21. The van der Waals surface area contributed by atoms with Crippen LogP contribution in [0.3, 0.4) is 0 Å². The molecule has 1 fully saturated rings. The van der Waals surface area contributed by atoms with E-state index in [0.717, 1.165) is 19.3 Å². The molecule has 0 unspecified atom stereocenters. The molecule has 0 bridgehead atoms. The summed E-state index contributed by atoms with van der Waals surface area (Å²) >= 11 is 0. The highest BCUT2D eigenvalue weighted by molar-refractivity contribution is 5.76. The monoisotopic (exact) mass is 271 g/mol. The molecule has 0 spiro atoms. The molecule has 0 aromatic carbocycles. The first-order valence-corrected chi connectivity index (χ1v) is 7.60. The summed E-state index contributed by atoms with van der Waals surface area (Å²) < 4.78 is 5.70. The average Bonchev–Trinajstić information content (AvgIpc) is 2.38. The zero-order chi connectivity index (χ0) is 14.3. The van der Waals surface area contributed by atoms with E-state index in [9.17, 15) is 9.90 Å². The predicted molar refractivity (Wildman–Crippen MR) is 76.0 cm³/mol. The Morgan fingerprint density at radius 1 is 1.32 bits per heavy atom. The number of amides is 1. The van der Waals surface area contributed by atoms with Crippen LogP contribution in [-0.4, -0.2) is 47.3 Å². The maximum absolute atomic E-state index is 12.0. The molecule has 1 amide bonds. The van der Waals surface area contributed by atoms with Crippen molar-refractivity contribution in [2.45, 2.75) is 71.0 Å². The van der Waals surface area contributed by atoms with Crippen molar-refractivity contribution in [1.82, 2.24) is 4.90 Å². The van der Waals surface area contributed by atoms with Crippen LogP contribution < -0.4 is 0 Å². The Balaban J connectivity index is 2.15. The van der Waals surface area contributed by atoms with Crippen LogP contribution in [-0.2, 0) is 9.53 Å². The molecule has 1 N–H and O–H groups in total. The van der Waals surface area contributed by atoms with Gasteiger partial charge < -0.3 is 14.7 Å². The molecular weight excluding hydrogens is 242 g/mol. The topological polar surface area (TPSA) is 49.8 Å². The molecule has 1 saturated heterocycles. The van der Waals surface area contributed by atoms with Crippen LogP contribution in [0.1, 0.15) is 59.3 Å². The summed E-state index contributed by atoms with van der Waals surface area (Å²) in [6.07, 6.45) is 5.12. The van der Waals surface area contributed by atoms with E-state index < -0.39 is 5.60 Å². The molecule has 112 valence electrons. The van der Waals surface area contributed by atoms with Crippen molar-refractivity contribution in [3.05, 3.63) is 0 Å². The second kappa shape index (κ2) is 7.85. The molecule has 0 aliphatic carbocycles. The standard InChI is InChI=1S/C15H29NO3/c1-4-13(5-2)19-12-6-7-14(17)16-10-8-15(3,18)9-11-16/h13,18H,4-12H2,1-3H3. The minimum Gasteiger partial charge on any atom is -0.390 e. The van der Waals surface area contributed by atoms with E-state index in [1.807, 2.05) is 11.8 Å². The smallest absolute Gasteiger partial charge is 0.222 e. The Hall–Kier alpha value is -0.610. The van der Waals surface area contributed by atoms with Gasteiger partial charge in [-0.25, -0.2) is 0 Å². The van der Waals surface area contributed by atoms with Gasteiger partial charge in [0.1, 0.15) is 0 Å². The van der Waals surface area contributed by atoms with E-state index in [1.165, 1.54) is 0 Å². The summed E-state index contributed by atoms with van der Waals surface area (Å²) in [6, 6.07) is 0.